The molecule has 4 aliphatic rings. The van der Waals surface area contributed by atoms with E-state index in [9.17, 15) is 9.90 Å². The van der Waals surface area contributed by atoms with Gasteiger partial charge in [0.1, 0.15) is 6.10 Å². The zero-order valence-electron chi connectivity index (χ0n) is 20.3. The number of likely N-dealkylation sites (tertiary alicyclic amines) is 1. The van der Waals surface area contributed by atoms with Crippen LogP contribution in [0, 0.1) is 5.92 Å². The summed E-state index contributed by atoms with van der Waals surface area (Å²) in [6.07, 6.45) is 10.4. The Morgan fingerprint density at radius 2 is 2.12 bits per heavy atom. The summed E-state index contributed by atoms with van der Waals surface area (Å²) in [5.41, 5.74) is 4.30. The van der Waals surface area contributed by atoms with Crippen molar-refractivity contribution in [3.8, 4) is 11.5 Å². The van der Waals surface area contributed by atoms with Gasteiger partial charge in [0.15, 0.2) is 11.5 Å². The Morgan fingerprint density at radius 1 is 1.29 bits per heavy atom. The van der Waals surface area contributed by atoms with E-state index in [4.69, 9.17) is 9.15 Å². The van der Waals surface area contributed by atoms with Crippen molar-refractivity contribution in [2.75, 3.05) is 39.6 Å². The van der Waals surface area contributed by atoms with Gasteiger partial charge in [0, 0.05) is 61.6 Å². The molecule has 2 aromatic rings. The van der Waals surface area contributed by atoms with Crippen LogP contribution < -0.4 is 9.64 Å². The van der Waals surface area contributed by atoms with Crippen LogP contribution in [0.15, 0.2) is 35.2 Å². The molecule has 0 unspecified atom stereocenters. The van der Waals surface area contributed by atoms with Crippen molar-refractivity contribution >= 4 is 17.7 Å². The monoisotopic (exact) mass is 463 g/mol. The SMILES string of the molecule is CN(C)c1cc(O)c2c3c1C[C@@H]1[C@@H]4CC[C@H](N(C)C(=O)/C=C/c5ccoc5)[C@H](O2)[C@]34CCN1C. The number of piperidine rings is 1. The molecule has 7 nitrogen and oxygen atoms in total. The van der Waals surface area contributed by atoms with E-state index in [-0.39, 0.29) is 29.2 Å². The number of nitrogens with zero attached hydrogens (tertiary/aromatic N) is 3. The van der Waals surface area contributed by atoms with Crippen molar-refractivity contribution in [2.24, 2.45) is 5.92 Å². The second-order valence-corrected chi connectivity index (χ2v) is 10.7. The summed E-state index contributed by atoms with van der Waals surface area (Å²) >= 11 is 0. The van der Waals surface area contributed by atoms with Crippen molar-refractivity contribution in [2.45, 2.75) is 49.3 Å². The molecular formula is C27H33N3O4. The van der Waals surface area contributed by atoms with Crippen LogP contribution in [-0.2, 0) is 16.6 Å². The van der Waals surface area contributed by atoms with Crippen molar-refractivity contribution in [3.63, 3.8) is 0 Å². The largest absolute Gasteiger partial charge is 0.504 e. The smallest absolute Gasteiger partial charge is 0.246 e. The Bertz CT molecular complexity index is 1160. The van der Waals surface area contributed by atoms with E-state index in [1.54, 1.807) is 24.7 Å². The number of phenols is 1. The fourth-order valence-electron chi connectivity index (χ4n) is 7.39. The van der Waals surface area contributed by atoms with E-state index in [1.165, 1.54) is 11.1 Å². The van der Waals surface area contributed by atoms with Crippen LogP contribution in [0.25, 0.3) is 6.08 Å². The lowest BCUT2D eigenvalue weighted by molar-refractivity contribution is -0.134. The number of amides is 1. The van der Waals surface area contributed by atoms with Crippen LogP contribution in [0.4, 0.5) is 5.69 Å². The first-order chi connectivity index (χ1) is 16.3. The second-order valence-electron chi connectivity index (χ2n) is 10.7. The van der Waals surface area contributed by atoms with Gasteiger partial charge in [0.05, 0.1) is 18.6 Å². The Labute approximate surface area is 200 Å². The Hall–Kier alpha value is -2.93. The number of hydrogen-bond acceptors (Lipinski definition) is 6. The highest BCUT2D eigenvalue weighted by molar-refractivity contribution is 5.92. The first kappa shape index (κ1) is 21.6. The van der Waals surface area contributed by atoms with Crippen molar-refractivity contribution in [3.05, 3.63) is 47.4 Å². The third-order valence-corrected chi connectivity index (χ3v) is 8.96. The summed E-state index contributed by atoms with van der Waals surface area (Å²) in [7, 11) is 8.21. The summed E-state index contributed by atoms with van der Waals surface area (Å²) in [6.45, 7) is 0.998. The molecule has 5 atom stereocenters. The molecule has 2 aliphatic heterocycles. The summed E-state index contributed by atoms with van der Waals surface area (Å²) in [4.78, 5) is 19.7. The number of likely N-dealkylation sites (N-methyl/N-ethyl adjacent to an activating group) is 2. The zero-order chi connectivity index (χ0) is 23.8. The van der Waals surface area contributed by atoms with E-state index in [2.05, 4.69) is 16.8 Å². The van der Waals surface area contributed by atoms with Crippen LogP contribution in [0.3, 0.4) is 0 Å². The molecule has 3 heterocycles. The molecule has 2 fully saturated rings. The molecule has 1 saturated carbocycles. The summed E-state index contributed by atoms with van der Waals surface area (Å²) in [6, 6.07) is 4.08. The molecule has 1 saturated heterocycles. The third kappa shape index (κ3) is 2.82. The normalized spacial score (nSPS) is 31.3. The maximum Gasteiger partial charge on any atom is 0.246 e. The summed E-state index contributed by atoms with van der Waals surface area (Å²) in [5, 5.41) is 11.0. The molecule has 1 spiro atoms. The van der Waals surface area contributed by atoms with E-state index in [0.717, 1.165) is 43.5 Å². The standard InChI is InChI=1S/C27H33N3O4/c1-28(2)20-14-22(31)25-24-17(20)13-21-18-6-7-19(26(34-25)27(18,24)10-11-29(21)3)30(4)23(32)8-5-16-9-12-33-15-16/h5,8-9,12,14-15,18-19,21,26,31H,6-7,10-11,13H2,1-4H3/b8-5+/t18-,19-,21+,26-,27-/m0/s1. The number of hydrogen-bond donors (Lipinski definition) is 1. The minimum Gasteiger partial charge on any atom is -0.504 e. The number of aromatic hydroxyl groups is 1. The molecule has 0 radical (unpaired) electrons. The number of anilines is 1. The van der Waals surface area contributed by atoms with Gasteiger partial charge >= 0.3 is 0 Å². The highest BCUT2D eigenvalue weighted by atomic mass is 16.5. The summed E-state index contributed by atoms with van der Waals surface area (Å²) in [5.74, 6) is 1.29. The molecule has 1 amide bonds. The highest BCUT2D eigenvalue weighted by Gasteiger charge is 2.66. The van der Waals surface area contributed by atoms with Gasteiger partial charge < -0.3 is 29.0 Å². The highest BCUT2D eigenvalue weighted by Crippen LogP contribution is 2.65. The zero-order valence-corrected chi connectivity index (χ0v) is 20.3. The fourth-order valence-corrected chi connectivity index (χ4v) is 7.39. The molecule has 1 N–H and O–H groups in total. The number of carbonyl (C=O) groups excluding carboxylic acids is 1. The van der Waals surface area contributed by atoms with Crippen molar-refractivity contribution in [1.29, 1.82) is 0 Å². The molecule has 2 bridgehead atoms. The number of furan rings is 1. The van der Waals surface area contributed by atoms with Crippen molar-refractivity contribution < 1.29 is 19.1 Å². The predicted octanol–water partition coefficient (Wildman–Crippen LogP) is 3.26. The molecule has 7 heteroatoms. The summed E-state index contributed by atoms with van der Waals surface area (Å²) < 4.78 is 11.8. The van der Waals surface area contributed by atoms with Crippen LogP contribution in [-0.4, -0.2) is 73.7 Å². The van der Waals surface area contributed by atoms with Gasteiger partial charge in [-0.15, -0.1) is 0 Å². The number of rotatable bonds is 4. The van der Waals surface area contributed by atoms with Gasteiger partial charge in [-0.1, -0.05) is 0 Å². The molecule has 180 valence electrons. The number of phenolic OH excluding ortho intramolecular Hbond substituents is 1. The molecule has 2 aliphatic carbocycles. The van der Waals surface area contributed by atoms with E-state index in [1.807, 2.05) is 38.2 Å². The number of carbonyl (C=O) groups is 1. The molecule has 1 aromatic heterocycles. The van der Waals surface area contributed by atoms with Crippen LogP contribution in [0.2, 0.25) is 0 Å². The van der Waals surface area contributed by atoms with E-state index in [0.29, 0.717) is 17.7 Å². The predicted molar refractivity (Wildman–Crippen MR) is 130 cm³/mol. The Balaban J connectivity index is 1.42. The van der Waals surface area contributed by atoms with Gasteiger partial charge in [0.25, 0.3) is 0 Å². The van der Waals surface area contributed by atoms with Crippen LogP contribution >= 0.6 is 0 Å². The number of ether oxygens (including phenoxy) is 1. The van der Waals surface area contributed by atoms with E-state index >= 15 is 0 Å². The van der Waals surface area contributed by atoms with Crippen molar-refractivity contribution in [1.82, 2.24) is 9.80 Å². The van der Waals surface area contributed by atoms with E-state index < -0.39 is 0 Å². The first-order valence-electron chi connectivity index (χ1n) is 12.2. The van der Waals surface area contributed by atoms with Crippen LogP contribution in [0.5, 0.6) is 11.5 Å². The Kier molecular flexibility index (Phi) is 4.79. The molecule has 6 rings (SSSR count). The third-order valence-electron chi connectivity index (χ3n) is 8.96. The molecule has 1 aromatic carbocycles. The van der Waals surface area contributed by atoms with Gasteiger partial charge in [-0.25, -0.2) is 0 Å². The maximum absolute atomic E-state index is 13.2. The lowest BCUT2D eigenvalue weighted by Crippen LogP contribution is -2.68. The minimum absolute atomic E-state index is 0.0423. The topological polar surface area (TPSA) is 69.4 Å². The van der Waals surface area contributed by atoms with Gasteiger partial charge in [-0.2, -0.15) is 0 Å². The molecule has 34 heavy (non-hydrogen) atoms. The lowest BCUT2D eigenvalue weighted by atomic mass is 9.51. The maximum atomic E-state index is 13.2. The Morgan fingerprint density at radius 3 is 2.85 bits per heavy atom. The average molecular weight is 464 g/mol. The lowest BCUT2D eigenvalue weighted by Gasteiger charge is -2.60. The quantitative estimate of drug-likeness (QED) is 0.702. The second kappa shape index (κ2) is 7.54. The van der Waals surface area contributed by atoms with Gasteiger partial charge in [0.2, 0.25) is 5.91 Å². The first-order valence-corrected chi connectivity index (χ1v) is 12.2. The average Bonchev–Trinajstić information content (AvgIpc) is 3.46. The fraction of sp³-hybridized carbons (Fsp3) is 0.519. The van der Waals surface area contributed by atoms with Gasteiger partial charge in [-0.05, 0) is 62.9 Å². The number of benzene rings is 1. The van der Waals surface area contributed by atoms with Gasteiger partial charge in [-0.3, -0.25) is 4.79 Å². The molecular weight excluding hydrogens is 430 g/mol. The minimum atomic E-state index is -0.171. The van der Waals surface area contributed by atoms with Crippen LogP contribution in [0.1, 0.15) is 36.0 Å².